The number of halogens is 1. The minimum Gasteiger partial charge on any atom is -0.399 e. The van der Waals surface area contributed by atoms with Crippen LogP contribution in [0.15, 0.2) is 24.3 Å². The van der Waals surface area contributed by atoms with Crippen LogP contribution in [-0.2, 0) is 15.9 Å². The van der Waals surface area contributed by atoms with E-state index in [-0.39, 0.29) is 28.4 Å². The number of nitrogens with zero attached hydrogens (tertiary/aromatic N) is 3. The fourth-order valence-electron chi connectivity index (χ4n) is 3.52. The molecular formula is C21H26BClN4O3. The van der Waals surface area contributed by atoms with Crippen LogP contribution in [0.5, 0.6) is 0 Å². The van der Waals surface area contributed by atoms with Crippen molar-refractivity contribution in [3.05, 3.63) is 40.8 Å². The van der Waals surface area contributed by atoms with Crippen molar-refractivity contribution < 1.29 is 14.1 Å². The molecule has 0 saturated carbocycles. The Hall–Kier alpha value is -2.16. The van der Waals surface area contributed by atoms with E-state index in [2.05, 4.69) is 15.3 Å². The van der Waals surface area contributed by atoms with Gasteiger partial charge < -0.3 is 19.5 Å². The largest absolute Gasteiger partial charge is 0.494 e. The van der Waals surface area contributed by atoms with Crippen molar-refractivity contribution in [3.63, 3.8) is 0 Å². The summed E-state index contributed by atoms with van der Waals surface area (Å²) in [6, 6.07) is 7.84. The maximum Gasteiger partial charge on any atom is 0.494 e. The molecule has 9 heteroatoms. The van der Waals surface area contributed by atoms with Gasteiger partial charge in [0.25, 0.3) is 5.91 Å². The minimum atomic E-state index is -0.418. The third kappa shape index (κ3) is 3.57. The molecule has 2 aliphatic heterocycles. The fraction of sp³-hybridized carbons (Fsp3) is 0.476. The molecule has 2 aliphatic rings. The van der Waals surface area contributed by atoms with E-state index in [9.17, 15) is 4.79 Å². The molecule has 0 unspecified atom stereocenters. The molecule has 30 heavy (non-hydrogen) atoms. The molecule has 0 bridgehead atoms. The van der Waals surface area contributed by atoms with Crippen LogP contribution in [0.2, 0.25) is 5.28 Å². The fourth-order valence-corrected chi connectivity index (χ4v) is 3.69. The first-order valence-electron chi connectivity index (χ1n) is 10.1. The Morgan fingerprint density at radius 1 is 1.10 bits per heavy atom. The smallest absolute Gasteiger partial charge is 0.399 e. The predicted octanol–water partition coefficient (Wildman–Crippen LogP) is 3.54. The second-order valence-electron chi connectivity index (χ2n) is 9.03. The monoisotopic (exact) mass is 428 g/mol. The van der Waals surface area contributed by atoms with Crippen LogP contribution in [-0.4, -0.2) is 45.1 Å². The van der Waals surface area contributed by atoms with Crippen LogP contribution >= 0.6 is 11.6 Å². The van der Waals surface area contributed by atoms with Gasteiger partial charge in [-0.2, -0.15) is 0 Å². The molecular weight excluding hydrogens is 403 g/mol. The first-order valence-corrected chi connectivity index (χ1v) is 10.5. The summed E-state index contributed by atoms with van der Waals surface area (Å²) in [6.45, 7) is 12.5. The Kier molecular flexibility index (Phi) is 5.07. The lowest BCUT2D eigenvalue weighted by Gasteiger charge is -2.32. The first kappa shape index (κ1) is 21.1. The highest BCUT2D eigenvalue weighted by atomic mass is 35.5. The third-order valence-electron chi connectivity index (χ3n) is 6.09. The number of anilines is 2. The van der Waals surface area contributed by atoms with Crippen molar-refractivity contribution in [1.29, 1.82) is 0 Å². The number of benzene rings is 1. The van der Waals surface area contributed by atoms with E-state index in [4.69, 9.17) is 20.9 Å². The zero-order valence-corrected chi connectivity index (χ0v) is 18.9. The van der Waals surface area contributed by atoms with Gasteiger partial charge in [-0.15, -0.1) is 0 Å². The van der Waals surface area contributed by atoms with E-state index in [1.54, 1.807) is 4.90 Å². The summed E-state index contributed by atoms with van der Waals surface area (Å²) < 4.78 is 12.2. The van der Waals surface area contributed by atoms with Gasteiger partial charge >= 0.3 is 7.12 Å². The third-order valence-corrected chi connectivity index (χ3v) is 6.26. The Morgan fingerprint density at radius 3 is 2.27 bits per heavy atom. The summed E-state index contributed by atoms with van der Waals surface area (Å²) in [7, 11) is -0.418. The minimum absolute atomic E-state index is 0.0454. The second kappa shape index (κ2) is 7.22. The number of hydrogen-bond acceptors (Lipinski definition) is 6. The molecule has 1 aromatic carbocycles. The number of carbonyl (C=O) groups is 1. The molecule has 0 aliphatic carbocycles. The Labute approximate surface area is 182 Å². The van der Waals surface area contributed by atoms with Crippen molar-refractivity contribution in [2.75, 3.05) is 5.32 Å². The number of amides is 1. The van der Waals surface area contributed by atoms with E-state index in [0.29, 0.717) is 18.1 Å². The van der Waals surface area contributed by atoms with E-state index in [0.717, 1.165) is 16.7 Å². The van der Waals surface area contributed by atoms with Gasteiger partial charge in [0.2, 0.25) is 5.28 Å². The van der Waals surface area contributed by atoms with Gasteiger partial charge in [-0.1, -0.05) is 12.1 Å². The number of hydrogen-bond donors (Lipinski definition) is 1. The quantitative estimate of drug-likeness (QED) is 0.593. The van der Waals surface area contributed by atoms with Crippen LogP contribution < -0.4 is 10.8 Å². The van der Waals surface area contributed by atoms with Crippen LogP contribution in [0.4, 0.5) is 11.5 Å². The van der Waals surface area contributed by atoms with Crippen molar-refractivity contribution in [1.82, 2.24) is 14.9 Å². The summed E-state index contributed by atoms with van der Waals surface area (Å²) in [4.78, 5) is 22.8. The normalized spacial score (nSPS) is 19.5. The predicted molar refractivity (Wildman–Crippen MR) is 117 cm³/mol. The number of rotatable bonds is 4. The Bertz CT molecular complexity index is 978. The number of carbonyl (C=O) groups excluding carboxylic acids is 1. The van der Waals surface area contributed by atoms with E-state index >= 15 is 0 Å². The summed E-state index contributed by atoms with van der Waals surface area (Å²) in [5.74, 6) is 0.424. The summed E-state index contributed by atoms with van der Waals surface area (Å²) in [6.07, 6.45) is 0. The van der Waals surface area contributed by atoms with E-state index in [1.807, 2.05) is 65.8 Å². The molecule has 0 spiro atoms. The number of fused-ring (bicyclic) bond motifs is 1. The maximum atomic E-state index is 12.6. The summed E-state index contributed by atoms with van der Waals surface area (Å²) >= 11 is 6.09. The Morgan fingerprint density at radius 2 is 1.70 bits per heavy atom. The zero-order valence-electron chi connectivity index (χ0n) is 18.1. The zero-order chi connectivity index (χ0) is 21.8. The van der Waals surface area contributed by atoms with Crippen molar-refractivity contribution in [3.8, 4) is 0 Å². The van der Waals surface area contributed by atoms with Crippen LogP contribution in [0.1, 0.15) is 57.6 Å². The van der Waals surface area contributed by atoms with Gasteiger partial charge in [0.15, 0.2) is 0 Å². The Balaban J connectivity index is 1.56. The number of nitrogens with one attached hydrogen (secondary N) is 1. The first-order chi connectivity index (χ1) is 14.0. The van der Waals surface area contributed by atoms with Gasteiger partial charge in [0, 0.05) is 17.3 Å². The van der Waals surface area contributed by atoms with Crippen molar-refractivity contribution in [2.45, 2.75) is 65.3 Å². The molecule has 1 saturated heterocycles. The topological polar surface area (TPSA) is 76.6 Å². The van der Waals surface area contributed by atoms with Gasteiger partial charge in [-0.25, -0.2) is 9.97 Å². The molecule has 7 nitrogen and oxygen atoms in total. The molecule has 4 rings (SSSR count). The van der Waals surface area contributed by atoms with E-state index < -0.39 is 7.12 Å². The molecule has 1 amide bonds. The highest BCUT2D eigenvalue weighted by molar-refractivity contribution is 6.62. The molecule has 1 N–H and O–H groups in total. The lowest BCUT2D eigenvalue weighted by molar-refractivity contribution is 0.00578. The maximum absolute atomic E-state index is 12.6. The van der Waals surface area contributed by atoms with Crippen molar-refractivity contribution in [2.24, 2.45) is 0 Å². The van der Waals surface area contributed by atoms with Crippen LogP contribution in [0.3, 0.4) is 0 Å². The molecule has 0 atom stereocenters. The molecule has 1 aromatic heterocycles. The summed E-state index contributed by atoms with van der Waals surface area (Å²) in [5, 5.41) is 3.32. The second-order valence-corrected chi connectivity index (χ2v) is 9.37. The van der Waals surface area contributed by atoms with E-state index in [1.165, 1.54) is 0 Å². The molecule has 3 heterocycles. The molecule has 1 fully saturated rings. The lowest BCUT2D eigenvalue weighted by Crippen LogP contribution is -2.41. The van der Waals surface area contributed by atoms with Gasteiger partial charge in [-0.3, -0.25) is 4.79 Å². The average Bonchev–Trinajstić information content (AvgIpc) is 3.09. The lowest BCUT2D eigenvalue weighted by atomic mass is 9.79. The van der Waals surface area contributed by atoms with Gasteiger partial charge in [0.05, 0.1) is 17.7 Å². The SMILES string of the molecule is CC(C)N1Cc2c(Nc3ccc(B4OC(C)(C)C(C)(C)O4)cc3)nc(Cl)nc2C1=O. The molecule has 0 radical (unpaired) electrons. The standard InChI is InChI=1S/C21H26BClN4O3/c1-12(2)27-11-15-16(18(27)28)25-19(23)26-17(15)24-14-9-7-13(8-10-14)22-29-20(3,4)21(5,6)30-22/h7-10,12H,11H2,1-6H3,(H,24,25,26). The molecule has 2 aromatic rings. The summed E-state index contributed by atoms with van der Waals surface area (Å²) in [5.41, 5.74) is 2.10. The molecule has 158 valence electrons. The van der Waals surface area contributed by atoms with Crippen LogP contribution in [0, 0.1) is 0 Å². The van der Waals surface area contributed by atoms with Crippen LogP contribution in [0.25, 0.3) is 0 Å². The van der Waals surface area contributed by atoms with Crippen molar-refractivity contribution >= 4 is 41.6 Å². The number of aromatic nitrogens is 2. The average molecular weight is 429 g/mol. The highest BCUT2D eigenvalue weighted by Gasteiger charge is 2.51. The highest BCUT2D eigenvalue weighted by Crippen LogP contribution is 2.36. The van der Waals surface area contributed by atoms with Gasteiger partial charge in [0.1, 0.15) is 11.5 Å². The van der Waals surface area contributed by atoms with Gasteiger partial charge in [-0.05, 0) is 70.7 Å².